The lowest BCUT2D eigenvalue weighted by atomic mass is 9.72. The summed E-state index contributed by atoms with van der Waals surface area (Å²) >= 11 is 0. The van der Waals surface area contributed by atoms with Gasteiger partial charge in [0.2, 0.25) is 0 Å². The Morgan fingerprint density at radius 3 is 2.79 bits per heavy atom. The highest BCUT2D eigenvalue weighted by atomic mass is 16.5. The molecule has 3 atom stereocenters. The van der Waals surface area contributed by atoms with Gasteiger partial charge in [0.1, 0.15) is 0 Å². The molecule has 2 heteroatoms. The van der Waals surface area contributed by atoms with E-state index in [1.165, 1.54) is 19.3 Å². The molecular formula is C12H23NO. The number of hydrogen-bond donors (Lipinski definition) is 1. The molecule has 0 aromatic carbocycles. The summed E-state index contributed by atoms with van der Waals surface area (Å²) in [6.45, 7) is 8.97. The van der Waals surface area contributed by atoms with Crippen molar-refractivity contribution in [3.8, 4) is 0 Å². The van der Waals surface area contributed by atoms with Crippen LogP contribution < -0.4 is 5.32 Å². The normalized spacial score (nSPS) is 37.5. The van der Waals surface area contributed by atoms with Gasteiger partial charge in [-0.2, -0.15) is 0 Å². The molecular weight excluding hydrogens is 174 g/mol. The van der Waals surface area contributed by atoms with Crippen molar-refractivity contribution < 1.29 is 4.74 Å². The first kappa shape index (κ1) is 10.4. The van der Waals surface area contributed by atoms with Gasteiger partial charge in [0.25, 0.3) is 0 Å². The lowest BCUT2D eigenvalue weighted by Gasteiger charge is -2.48. The summed E-state index contributed by atoms with van der Waals surface area (Å²) in [7, 11) is 0. The van der Waals surface area contributed by atoms with Gasteiger partial charge in [-0.25, -0.2) is 0 Å². The van der Waals surface area contributed by atoms with Gasteiger partial charge in [-0.1, -0.05) is 20.8 Å². The summed E-state index contributed by atoms with van der Waals surface area (Å²) < 4.78 is 5.70. The molecule has 0 spiro atoms. The monoisotopic (exact) mass is 197 g/mol. The van der Waals surface area contributed by atoms with E-state index >= 15 is 0 Å². The third-order valence-corrected chi connectivity index (χ3v) is 3.39. The van der Waals surface area contributed by atoms with E-state index in [2.05, 4.69) is 26.1 Å². The van der Waals surface area contributed by atoms with Gasteiger partial charge in [-0.3, -0.25) is 0 Å². The predicted octanol–water partition coefficient (Wildman–Crippen LogP) is 2.19. The molecule has 2 rings (SSSR count). The van der Waals surface area contributed by atoms with Crippen molar-refractivity contribution in [2.24, 2.45) is 11.3 Å². The summed E-state index contributed by atoms with van der Waals surface area (Å²) in [5, 5.41) is 3.68. The third kappa shape index (κ3) is 2.29. The Bertz CT molecular complexity index is 197. The minimum Gasteiger partial charge on any atom is -0.378 e. The zero-order valence-corrected chi connectivity index (χ0v) is 9.68. The van der Waals surface area contributed by atoms with E-state index in [1.54, 1.807) is 0 Å². The summed E-state index contributed by atoms with van der Waals surface area (Å²) in [5.41, 5.74) is 0.403. The van der Waals surface area contributed by atoms with E-state index in [4.69, 9.17) is 4.74 Å². The second-order valence-electron chi connectivity index (χ2n) is 6.00. The SMILES string of the molecule is CC(C)(C)CNC1CC2OCCCC12. The van der Waals surface area contributed by atoms with Crippen molar-refractivity contribution in [3.63, 3.8) is 0 Å². The molecule has 1 heterocycles. The number of fused-ring (bicyclic) bond motifs is 1. The number of ether oxygens (including phenoxy) is 1. The average molecular weight is 197 g/mol. The van der Waals surface area contributed by atoms with Crippen LogP contribution in [0.5, 0.6) is 0 Å². The summed E-state index contributed by atoms with van der Waals surface area (Å²) in [5.74, 6) is 0.811. The molecule has 0 aromatic heterocycles. The van der Waals surface area contributed by atoms with Crippen LogP contribution in [-0.2, 0) is 4.74 Å². The predicted molar refractivity (Wildman–Crippen MR) is 58.3 cm³/mol. The van der Waals surface area contributed by atoms with E-state index in [0.717, 1.165) is 25.1 Å². The van der Waals surface area contributed by atoms with E-state index in [-0.39, 0.29) is 0 Å². The smallest absolute Gasteiger partial charge is 0.0633 e. The summed E-state index contributed by atoms with van der Waals surface area (Å²) in [4.78, 5) is 0. The zero-order valence-electron chi connectivity index (χ0n) is 9.68. The molecule has 1 saturated heterocycles. The third-order valence-electron chi connectivity index (χ3n) is 3.39. The van der Waals surface area contributed by atoms with E-state index in [9.17, 15) is 0 Å². The molecule has 0 radical (unpaired) electrons. The van der Waals surface area contributed by atoms with Gasteiger partial charge < -0.3 is 10.1 Å². The Morgan fingerprint density at radius 1 is 1.36 bits per heavy atom. The molecule has 2 nitrogen and oxygen atoms in total. The fourth-order valence-electron chi connectivity index (χ4n) is 2.47. The van der Waals surface area contributed by atoms with Crippen LogP contribution in [0.1, 0.15) is 40.0 Å². The average Bonchev–Trinajstić information content (AvgIpc) is 2.04. The molecule has 14 heavy (non-hydrogen) atoms. The maximum absolute atomic E-state index is 5.70. The Balaban J connectivity index is 1.73. The molecule has 82 valence electrons. The fraction of sp³-hybridized carbons (Fsp3) is 1.00. The van der Waals surface area contributed by atoms with Crippen LogP contribution in [0.15, 0.2) is 0 Å². The lowest BCUT2D eigenvalue weighted by Crippen LogP contribution is -2.57. The van der Waals surface area contributed by atoms with E-state index in [1.807, 2.05) is 0 Å². The van der Waals surface area contributed by atoms with Gasteiger partial charge in [0.15, 0.2) is 0 Å². The molecule has 3 unspecified atom stereocenters. The van der Waals surface area contributed by atoms with Crippen LogP contribution in [-0.4, -0.2) is 25.3 Å². The van der Waals surface area contributed by atoms with Crippen LogP contribution in [0.4, 0.5) is 0 Å². The van der Waals surface area contributed by atoms with Crippen molar-refractivity contribution in [2.45, 2.75) is 52.2 Å². The van der Waals surface area contributed by atoms with Crippen LogP contribution in [0, 0.1) is 11.3 Å². The van der Waals surface area contributed by atoms with Crippen molar-refractivity contribution in [1.29, 1.82) is 0 Å². The first-order chi connectivity index (χ1) is 6.56. The van der Waals surface area contributed by atoms with Gasteiger partial charge in [0.05, 0.1) is 6.10 Å². The zero-order chi connectivity index (χ0) is 10.2. The molecule has 0 amide bonds. The highest BCUT2D eigenvalue weighted by Gasteiger charge is 2.43. The Kier molecular flexibility index (Phi) is 2.85. The molecule has 0 aromatic rings. The van der Waals surface area contributed by atoms with Gasteiger partial charge in [-0.05, 0) is 24.7 Å². The minimum atomic E-state index is 0.403. The number of nitrogens with one attached hydrogen (secondary N) is 1. The van der Waals surface area contributed by atoms with Crippen molar-refractivity contribution >= 4 is 0 Å². The number of rotatable bonds is 2. The molecule has 2 aliphatic rings. The molecule has 1 saturated carbocycles. The first-order valence-corrected chi connectivity index (χ1v) is 5.91. The Morgan fingerprint density at radius 2 is 2.14 bits per heavy atom. The second kappa shape index (κ2) is 3.82. The maximum Gasteiger partial charge on any atom is 0.0633 e. The number of hydrogen-bond acceptors (Lipinski definition) is 2. The topological polar surface area (TPSA) is 21.3 Å². The molecule has 1 aliphatic heterocycles. The van der Waals surface area contributed by atoms with Gasteiger partial charge in [0, 0.05) is 25.1 Å². The Labute approximate surface area is 87.4 Å². The van der Waals surface area contributed by atoms with Crippen LogP contribution in [0.2, 0.25) is 0 Å². The fourth-order valence-corrected chi connectivity index (χ4v) is 2.47. The summed E-state index contributed by atoms with van der Waals surface area (Å²) in [6.07, 6.45) is 4.45. The van der Waals surface area contributed by atoms with Crippen LogP contribution in [0.3, 0.4) is 0 Å². The van der Waals surface area contributed by atoms with Crippen molar-refractivity contribution in [2.75, 3.05) is 13.2 Å². The standard InChI is InChI=1S/C12H23NO/c1-12(2,3)8-13-10-7-11-9(10)5-4-6-14-11/h9-11,13H,4-8H2,1-3H3. The van der Waals surface area contributed by atoms with Crippen LogP contribution >= 0.6 is 0 Å². The molecule has 0 bridgehead atoms. The second-order valence-corrected chi connectivity index (χ2v) is 6.00. The van der Waals surface area contributed by atoms with E-state index in [0.29, 0.717) is 11.5 Å². The van der Waals surface area contributed by atoms with Gasteiger partial charge >= 0.3 is 0 Å². The maximum atomic E-state index is 5.70. The van der Waals surface area contributed by atoms with Crippen LogP contribution in [0.25, 0.3) is 0 Å². The summed E-state index contributed by atoms with van der Waals surface area (Å²) in [6, 6.07) is 0.736. The lowest BCUT2D eigenvalue weighted by molar-refractivity contribution is -0.104. The Hall–Kier alpha value is -0.0800. The molecule has 1 aliphatic carbocycles. The highest BCUT2D eigenvalue weighted by molar-refractivity contribution is 4.97. The van der Waals surface area contributed by atoms with E-state index < -0.39 is 0 Å². The van der Waals surface area contributed by atoms with Crippen molar-refractivity contribution in [3.05, 3.63) is 0 Å². The quantitative estimate of drug-likeness (QED) is 0.732. The van der Waals surface area contributed by atoms with Crippen molar-refractivity contribution in [1.82, 2.24) is 5.32 Å². The molecule has 2 fully saturated rings. The largest absolute Gasteiger partial charge is 0.378 e. The minimum absolute atomic E-state index is 0.403. The first-order valence-electron chi connectivity index (χ1n) is 5.91. The van der Waals surface area contributed by atoms with Gasteiger partial charge in [-0.15, -0.1) is 0 Å². The highest BCUT2D eigenvalue weighted by Crippen LogP contribution is 2.37. The molecule has 1 N–H and O–H groups in total.